The highest BCUT2D eigenvalue weighted by Crippen LogP contribution is 2.28. The van der Waals surface area contributed by atoms with E-state index in [9.17, 15) is 14.7 Å². The van der Waals surface area contributed by atoms with Crippen molar-refractivity contribution in [2.24, 2.45) is 0 Å². The van der Waals surface area contributed by atoms with E-state index in [4.69, 9.17) is 0 Å². The molecule has 0 saturated carbocycles. The molecule has 4 nitrogen and oxygen atoms in total. The molecule has 0 saturated heterocycles. The summed E-state index contributed by atoms with van der Waals surface area (Å²) in [5.74, 6) is -0.513. The van der Waals surface area contributed by atoms with Crippen molar-refractivity contribution in [2.75, 3.05) is 0 Å². The molecule has 0 radical (unpaired) electrons. The highest BCUT2D eigenvalue weighted by molar-refractivity contribution is 6.11. The van der Waals surface area contributed by atoms with Gasteiger partial charge in [0.1, 0.15) is 5.75 Å². The Labute approximate surface area is 146 Å². The topological polar surface area (TPSA) is 59.3 Å². The van der Waals surface area contributed by atoms with E-state index in [-0.39, 0.29) is 28.2 Å². The Hall–Kier alpha value is -3.14. The molecule has 25 heavy (non-hydrogen) atoms. The van der Waals surface area contributed by atoms with Crippen molar-refractivity contribution in [3.8, 4) is 11.4 Å². The van der Waals surface area contributed by atoms with Crippen LogP contribution in [0.1, 0.15) is 34.1 Å². The fraction of sp³-hybridized carbons (Fsp3) is 0.143. The summed E-state index contributed by atoms with van der Waals surface area (Å²) in [4.78, 5) is 25.8. The highest BCUT2D eigenvalue weighted by Gasteiger charge is 2.24. The van der Waals surface area contributed by atoms with Gasteiger partial charge in [-0.3, -0.25) is 14.2 Å². The minimum absolute atomic E-state index is 0.173. The second-order valence-electron chi connectivity index (χ2n) is 5.81. The number of rotatable bonds is 4. The smallest absolute Gasteiger partial charge is 0.262 e. The van der Waals surface area contributed by atoms with Crippen molar-refractivity contribution >= 4 is 5.78 Å². The predicted molar refractivity (Wildman–Crippen MR) is 97.7 cm³/mol. The molecule has 0 aliphatic carbocycles. The second kappa shape index (κ2) is 6.77. The minimum Gasteiger partial charge on any atom is -0.507 e. The van der Waals surface area contributed by atoms with Gasteiger partial charge in [0.15, 0.2) is 5.78 Å². The van der Waals surface area contributed by atoms with Crippen LogP contribution >= 0.6 is 0 Å². The zero-order chi connectivity index (χ0) is 18.0. The van der Waals surface area contributed by atoms with E-state index in [1.807, 2.05) is 36.4 Å². The van der Waals surface area contributed by atoms with E-state index in [0.717, 1.165) is 0 Å². The molecule has 4 heteroatoms. The minimum atomic E-state index is -0.298. The molecule has 2 aromatic carbocycles. The van der Waals surface area contributed by atoms with Crippen molar-refractivity contribution in [1.82, 2.24) is 4.57 Å². The molecule has 126 valence electrons. The van der Waals surface area contributed by atoms with Gasteiger partial charge in [0.2, 0.25) is 0 Å². The predicted octanol–water partition coefficient (Wildman–Crippen LogP) is 3.64. The fourth-order valence-electron chi connectivity index (χ4n) is 3.03. The lowest BCUT2D eigenvalue weighted by atomic mass is 9.97. The fourth-order valence-corrected chi connectivity index (χ4v) is 3.03. The van der Waals surface area contributed by atoms with Crippen LogP contribution in [0.2, 0.25) is 0 Å². The van der Waals surface area contributed by atoms with Crippen LogP contribution in [0.4, 0.5) is 0 Å². The van der Waals surface area contributed by atoms with E-state index in [1.54, 1.807) is 38.1 Å². The first-order chi connectivity index (χ1) is 12.1. The molecule has 1 N–H and O–H groups in total. The maximum Gasteiger partial charge on any atom is 0.262 e. The van der Waals surface area contributed by atoms with Crippen molar-refractivity contribution in [3.05, 3.63) is 93.4 Å². The largest absolute Gasteiger partial charge is 0.507 e. The summed E-state index contributed by atoms with van der Waals surface area (Å²) in [6.07, 6.45) is 0.340. The number of carbonyl (C=O) groups excluding carboxylic acids is 1. The number of aromatic nitrogens is 1. The average Bonchev–Trinajstić information content (AvgIpc) is 2.63. The summed E-state index contributed by atoms with van der Waals surface area (Å²) in [7, 11) is 0. The first kappa shape index (κ1) is 16.7. The monoisotopic (exact) mass is 333 g/mol. The summed E-state index contributed by atoms with van der Waals surface area (Å²) in [6.45, 7) is 3.47. The molecule has 0 bridgehead atoms. The third-order valence-corrected chi connectivity index (χ3v) is 4.31. The number of carbonyl (C=O) groups is 1. The molecule has 3 rings (SSSR count). The molecule has 0 aliphatic rings. The summed E-state index contributed by atoms with van der Waals surface area (Å²) < 4.78 is 1.49. The zero-order valence-electron chi connectivity index (χ0n) is 14.2. The van der Waals surface area contributed by atoms with Gasteiger partial charge in [-0.05, 0) is 25.5 Å². The highest BCUT2D eigenvalue weighted by atomic mass is 16.3. The summed E-state index contributed by atoms with van der Waals surface area (Å²) >= 11 is 0. The Balaban J connectivity index is 2.33. The summed E-state index contributed by atoms with van der Waals surface area (Å²) in [5.41, 5.74) is 1.69. The van der Waals surface area contributed by atoms with Gasteiger partial charge in [-0.2, -0.15) is 0 Å². The van der Waals surface area contributed by atoms with Crippen LogP contribution in [0.15, 0.2) is 65.5 Å². The van der Waals surface area contributed by atoms with Crippen molar-refractivity contribution < 1.29 is 9.90 Å². The molecule has 1 aromatic heterocycles. The van der Waals surface area contributed by atoms with E-state index >= 15 is 0 Å². The van der Waals surface area contributed by atoms with E-state index in [0.29, 0.717) is 23.4 Å². The summed E-state index contributed by atoms with van der Waals surface area (Å²) in [6, 6.07) is 17.9. The van der Waals surface area contributed by atoms with Crippen LogP contribution in [-0.4, -0.2) is 15.5 Å². The van der Waals surface area contributed by atoms with Crippen LogP contribution < -0.4 is 5.56 Å². The molecular formula is C21H19NO3. The first-order valence-electron chi connectivity index (χ1n) is 8.18. The number of pyridine rings is 1. The lowest BCUT2D eigenvalue weighted by Gasteiger charge is -2.18. The van der Waals surface area contributed by atoms with Crippen molar-refractivity contribution in [1.29, 1.82) is 0 Å². The molecule has 3 aromatic rings. The number of nitrogens with zero attached hydrogens (tertiary/aromatic N) is 1. The SMILES string of the molecule is CCc1c(O)c(C(=O)c2ccccc2)c(C)n(-c2ccccc2)c1=O. The lowest BCUT2D eigenvalue weighted by Crippen LogP contribution is -2.27. The van der Waals surface area contributed by atoms with Crippen molar-refractivity contribution in [2.45, 2.75) is 20.3 Å². The quantitative estimate of drug-likeness (QED) is 0.742. The van der Waals surface area contributed by atoms with Gasteiger partial charge >= 0.3 is 0 Å². The Bertz CT molecular complexity index is 974. The number of para-hydroxylation sites is 1. The number of aromatic hydroxyl groups is 1. The van der Waals surface area contributed by atoms with E-state index in [2.05, 4.69) is 0 Å². The summed E-state index contributed by atoms with van der Waals surface area (Å²) in [5, 5.41) is 10.6. The van der Waals surface area contributed by atoms with Crippen LogP contribution in [0.25, 0.3) is 5.69 Å². The van der Waals surface area contributed by atoms with Crippen LogP contribution in [0, 0.1) is 6.92 Å². The molecule has 1 heterocycles. The van der Waals surface area contributed by atoms with Crippen LogP contribution in [-0.2, 0) is 6.42 Å². The third-order valence-electron chi connectivity index (χ3n) is 4.31. The van der Waals surface area contributed by atoms with Gasteiger partial charge in [0.05, 0.1) is 11.1 Å². The number of benzene rings is 2. The van der Waals surface area contributed by atoms with E-state index in [1.165, 1.54) is 4.57 Å². The number of ketones is 1. The van der Waals surface area contributed by atoms with E-state index < -0.39 is 0 Å². The second-order valence-corrected chi connectivity index (χ2v) is 5.81. The van der Waals surface area contributed by atoms with Crippen molar-refractivity contribution in [3.63, 3.8) is 0 Å². The molecule has 0 atom stereocenters. The Morgan fingerprint density at radius 2 is 1.56 bits per heavy atom. The maximum atomic E-state index is 13.0. The molecule has 0 aliphatic heterocycles. The van der Waals surface area contributed by atoms with Gasteiger partial charge in [-0.1, -0.05) is 55.5 Å². The number of hydrogen-bond donors (Lipinski definition) is 1. The van der Waals surface area contributed by atoms with Gasteiger partial charge in [-0.15, -0.1) is 0 Å². The normalized spacial score (nSPS) is 10.6. The first-order valence-corrected chi connectivity index (χ1v) is 8.18. The molecule has 0 spiro atoms. The Kier molecular flexibility index (Phi) is 4.52. The maximum absolute atomic E-state index is 13.0. The lowest BCUT2D eigenvalue weighted by molar-refractivity contribution is 0.103. The molecule has 0 fully saturated rings. The Morgan fingerprint density at radius 1 is 1.00 bits per heavy atom. The van der Waals surface area contributed by atoms with Gasteiger partial charge in [0.25, 0.3) is 5.56 Å². The zero-order valence-corrected chi connectivity index (χ0v) is 14.2. The molecule has 0 amide bonds. The van der Waals surface area contributed by atoms with Crippen LogP contribution in [0.5, 0.6) is 5.75 Å². The average molecular weight is 333 g/mol. The number of hydrogen-bond acceptors (Lipinski definition) is 3. The van der Waals surface area contributed by atoms with Gasteiger partial charge < -0.3 is 5.11 Å². The van der Waals surface area contributed by atoms with Gasteiger partial charge in [-0.25, -0.2) is 0 Å². The Morgan fingerprint density at radius 3 is 2.12 bits per heavy atom. The van der Waals surface area contributed by atoms with Crippen LogP contribution in [0.3, 0.4) is 0 Å². The molecular weight excluding hydrogens is 314 g/mol. The third kappa shape index (κ3) is 2.87. The standard InChI is InChI=1S/C21H19NO3/c1-3-17-20(24)18(19(23)15-10-6-4-7-11-15)14(2)22(21(17)25)16-12-8-5-9-13-16/h4-13,24H,3H2,1-2H3. The van der Waals surface area contributed by atoms with Gasteiger partial charge in [0, 0.05) is 16.9 Å². The molecule has 0 unspecified atom stereocenters.